The summed E-state index contributed by atoms with van der Waals surface area (Å²) < 4.78 is 15.9. The van der Waals surface area contributed by atoms with Crippen LogP contribution in [0.15, 0.2) is 34.1 Å². The number of hydrogen-bond donors (Lipinski definition) is 2. The zero-order valence-corrected chi connectivity index (χ0v) is 20.5. The van der Waals surface area contributed by atoms with Crippen LogP contribution in [-0.4, -0.2) is 51.5 Å². The van der Waals surface area contributed by atoms with E-state index in [0.29, 0.717) is 11.3 Å². The van der Waals surface area contributed by atoms with Gasteiger partial charge >= 0.3 is 0 Å². The van der Waals surface area contributed by atoms with E-state index < -0.39 is 40.8 Å². The number of hydrogen-bond acceptors (Lipinski definition) is 9. The van der Waals surface area contributed by atoms with Crippen molar-refractivity contribution in [2.45, 2.75) is 30.9 Å². The lowest BCUT2D eigenvalue weighted by Crippen LogP contribution is -2.59. The minimum Gasteiger partial charge on any atom is -0.508 e. The molecule has 0 bridgehead atoms. The van der Waals surface area contributed by atoms with Gasteiger partial charge in [-0.2, -0.15) is 0 Å². The van der Waals surface area contributed by atoms with Crippen LogP contribution in [-0.2, 0) is 0 Å². The fraction of sp³-hybridized carbons (Fsp3) is 0.409. The van der Waals surface area contributed by atoms with Crippen molar-refractivity contribution >= 4 is 30.5 Å². The summed E-state index contributed by atoms with van der Waals surface area (Å²) in [5.74, 6) is -2.72. The molecule has 0 fully saturated rings. The Labute approximate surface area is 194 Å². The molecule has 0 saturated carbocycles. The predicted octanol–water partition coefficient (Wildman–Crippen LogP) is 2.99. The lowest BCUT2D eigenvalue weighted by Gasteiger charge is -2.50. The second kappa shape index (κ2) is 7.60. The van der Waals surface area contributed by atoms with Gasteiger partial charge in [0.25, 0.3) is 5.88 Å². The van der Waals surface area contributed by atoms with Crippen molar-refractivity contribution in [1.82, 2.24) is 10.1 Å². The summed E-state index contributed by atoms with van der Waals surface area (Å²) >= 11 is 0. The maximum Gasteiger partial charge on any atom is 0.267 e. The number of aromatic nitrogens is 1. The molecule has 3 aliphatic carbocycles. The van der Waals surface area contributed by atoms with Gasteiger partial charge in [0, 0.05) is 11.5 Å². The van der Waals surface area contributed by atoms with E-state index in [1.807, 2.05) is 28.5 Å². The van der Waals surface area contributed by atoms with Crippen LogP contribution in [0.2, 0.25) is 0 Å². The van der Waals surface area contributed by atoms with Crippen molar-refractivity contribution < 1.29 is 33.4 Å². The molecule has 3 aliphatic rings. The van der Waals surface area contributed by atoms with E-state index in [0.717, 1.165) is 5.56 Å². The van der Waals surface area contributed by atoms with Gasteiger partial charge in [-0.3, -0.25) is 14.5 Å². The number of carbonyl (C=O) groups excluding carboxylic acids is 2. The molecule has 33 heavy (non-hydrogen) atoms. The monoisotopic (exact) mass is 490 g/mol. The van der Waals surface area contributed by atoms with E-state index in [2.05, 4.69) is 14.6 Å². The molecule has 2 aromatic rings. The number of benzene rings is 1. The molecular weight excluding hydrogens is 466 g/mol. The SMILES string of the molecule is C[C@H]1c2cccc(OP)c2C(=O)C2=C(O)[C@]3(O)C(=O)c4c(OP)noc4[C@@H](N(C)C)[C@@H]3C[C@@H]21. The number of ketones is 2. The van der Waals surface area contributed by atoms with Crippen LogP contribution in [0.4, 0.5) is 0 Å². The molecule has 11 heteroatoms. The minimum atomic E-state index is -2.33. The van der Waals surface area contributed by atoms with Crippen LogP contribution in [0, 0.1) is 11.8 Å². The van der Waals surface area contributed by atoms with Gasteiger partial charge in [0.1, 0.15) is 17.1 Å². The van der Waals surface area contributed by atoms with Gasteiger partial charge in [-0.1, -0.05) is 19.1 Å². The third kappa shape index (κ3) is 2.77. The van der Waals surface area contributed by atoms with Crippen molar-refractivity contribution in [3.05, 3.63) is 52.0 Å². The molecule has 0 saturated heterocycles. The van der Waals surface area contributed by atoms with Gasteiger partial charge in [0.05, 0.1) is 30.5 Å². The Balaban J connectivity index is 1.77. The molecule has 1 aromatic heterocycles. The first-order chi connectivity index (χ1) is 15.7. The Bertz CT molecular complexity index is 1220. The van der Waals surface area contributed by atoms with Gasteiger partial charge in [-0.05, 0) is 49.1 Å². The first kappa shape index (κ1) is 22.5. The summed E-state index contributed by atoms with van der Waals surface area (Å²) in [5.41, 5.74) is -1.21. The van der Waals surface area contributed by atoms with Gasteiger partial charge < -0.3 is 23.8 Å². The second-order valence-electron chi connectivity index (χ2n) is 9.02. The average Bonchev–Trinajstić information content (AvgIpc) is 3.22. The number of Topliss-reactive ketones (excluding diaryl/α,β-unsaturated/α-hetero) is 2. The summed E-state index contributed by atoms with van der Waals surface area (Å²) in [7, 11) is 7.70. The molecule has 2 N–H and O–H groups in total. The van der Waals surface area contributed by atoms with Crippen LogP contribution in [0.5, 0.6) is 11.6 Å². The minimum absolute atomic E-state index is 0.0428. The Kier molecular flexibility index (Phi) is 5.18. The number of nitrogens with zero attached hydrogens (tertiary/aromatic N) is 2. The van der Waals surface area contributed by atoms with Gasteiger partial charge in [0.15, 0.2) is 17.1 Å². The quantitative estimate of drug-likeness (QED) is 0.625. The summed E-state index contributed by atoms with van der Waals surface area (Å²) in [6.45, 7) is 1.97. The molecule has 1 heterocycles. The summed E-state index contributed by atoms with van der Waals surface area (Å²) in [6.07, 6.45) is 0.278. The highest BCUT2D eigenvalue weighted by atomic mass is 31.0. The van der Waals surface area contributed by atoms with E-state index >= 15 is 0 Å². The molecule has 0 radical (unpaired) electrons. The zero-order chi connectivity index (χ0) is 23.8. The first-order valence-corrected chi connectivity index (χ1v) is 11.4. The van der Waals surface area contributed by atoms with Crippen LogP contribution in [0.3, 0.4) is 0 Å². The van der Waals surface area contributed by atoms with Crippen molar-refractivity contribution in [2.75, 3.05) is 14.1 Å². The standard InChI is InChI=1S/C22H24N2O7P2/c1-8-9-5-4-6-12(30-32)13(9)17(25)14-10(8)7-11-16(24(2)3)18-15(21(31-33)23-29-18)20(27)22(11,28)19(14)26/h4-6,8,10-11,16,26,28H,7,32-33H2,1-3H3/t8-,10+,11-,16-,22-/m0/s1. The number of aliphatic hydroxyl groups is 2. The molecule has 2 unspecified atom stereocenters. The van der Waals surface area contributed by atoms with Crippen molar-refractivity contribution in [1.29, 1.82) is 0 Å². The Hall–Kier alpha value is -2.31. The molecule has 0 spiro atoms. The number of aliphatic hydroxyl groups excluding tert-OH is 1. The average molecular weight is 490 g/mol. The molecule has 0 aliphatic heterocycles. The fourth-order valence-electron chi connectivity index (χ4n) is 5.85. The largest absolute Gasteiger partial charge is 0.508 e. The smallest absolute Gasteiger partial charge is 0.267 e. The highest BCUT2D eigenvalue weighted by molar-refractivity contribution is 7.10. The lowest BCUT2D eigenvalue weighted by molar-refractivity contribution is -0.0572. The van der Waals surface area contributed by atoms with Crippen molar-refractivity contribution in [3.8, 4) is 11.6 Å². The maximum atomic E-state index is 13.6. The van der Waals surface area contributed by atoms with E-state index in [4.69, 9.17) is 13.6 Å². The Morgan fingerprint density at radius 2 is 1.94 bits per heavy atom. The number of allylic oxidation sites excluding steroid dienone is 1. The predicted molar refractivity (Wildman–Crippen MR) is 123 cm³/mol. The van der Waals surface area contributed by atoms with E-state index in [1.165, 1.54) is 0 Å². The molecule has 174 valence electrons. The van der Waals surface area contributed by atoms with Crippen LogP contribution < -0.4 is 9.05 Å². The zero-order valence-electron chi connectivity index (χ0n) is 18.2. The third-order valence-electron chi connectivity index (χ3n) is 7.36. The maximum absolute atomic E-state index is 13.6. The lowest BCUT2D eigenvalue weighted by atomic mass is 9.56. The topological polar surface area (TPSA) is 122 Å². The van der Waals surface area contributed by atoms with E-state index in [-0.39, 0.29) is 35.1 Å². The normalized spacial score (nSPS) is 30.5. The van der Waals surface area contributed by atoms with Crippen LogP contribution in [0.1, 0.15) is 57.3 Å². The van der Waals surface area contributed by atoms with Gasteiger partial charge in [-0.15, -0.1) is 0 Å². The second-order valence-corrected chi connectivity index (χ2v) is 9.49. The third-order valence-corrected chi connectivity index (χ3v) is 7.84. The Morgan fingerprint density at radius 3 is 2.58 bits per heavy atom. The Morgan fingerprint density at radius 1 is 1.21 bits per heavy atom. The first-order valence-electron chi connectivity index (χ1n) is 10.5. The number of carbonyl (C=O) groups is 2. The van der Waals surface area contributed by atoms with Crippen molar-refractivity contribution in [3.63, 3.8) is 0 Å². The van der Waals surface area contributed by atoms with E-state index in [9.17, 15) is 19.8 Å². The highest BCUT2D eigenvalue weighted by Gasteiger charge is 2.64. The summed E-state index contributed by atoms with van der Waals surface area (Å²) in [5, 5.41) is 27.1. The molecule has 7 atom stereocenters. The molecular formula is C22H24N2O7P2. The van der Waals surface area contributed by atoms with Crippen molar-refractivity contribution in [2.24, 2.45) is 11.8 Å². The van der Waals surface area contributed by atoms with Crippen LogP contribution in [0.25, 0.3) is 0 Å². The highest BCUT2D eigenvalue weighted by Crippen LogP contribution is 2.58. The molecule has 0 amide bonds. The van der Waals surface area contributed by atoms with Crippen LogP contribution >= 0.6 is 18.9 Å². The van der Waals surface area contributed by atoms with E-state index in [1.54, 1.807) is 25.1 Å². The molecule has 9 nitrogen and oxygen atoms in total. The van der Waals surface area contributed by atoms with Gasteiger partial charge in [0.2, 0.25) is 5.78 Å². The fourth-order valence-corrected chi connectivity index (χ4v) is 6.21. The number of fused-ring (bicyclic) bond motifs is 4. The number of rotatable bonds is 3. The molecule has 5 rings (SSSR count). The van der Waals surface area contributed by atoms with Gasteiger partial charge in [-0.25, -0.2) is 0 Å². The summed E-state index contributed by atoms with van der Waals surface area (Å²) in [6, 6.07) is 4.76. The summed E-state index contributed by atoms with van der Waals surface area (Å²) in [4.78, 5) is 29.1. The molecule has 1 aromatic carbocycles.